The van der Waals surface area contributed by atoms with Crippen molar-refractivity contribution in [3.8, 4) is 0 Å². The van der Waals surface area contributed by atoms with E-state index in [9.17, 15) is 5.11 Å². The average molecular weight is 365 g/mol. The minimum absolute atomic E-state index is 0.275. The van der Waals surface area contributed by atoms with Gasteiger partial charge < -0.3 is 25.1 Å². The van der Waals surface area contributed by atoms with Crippen molar-refractivity contribution in [1.82, 2.24) is 19.5 Å². The molecule has 0 unspecified atom stereocenters. The number of fused-ring (bicyclic) bond motifs is 1. The molecule has 1 fully saturated rings. The lowest BCUT2D eigenvalue weighted by atomic mass is 10.1. The van der Waals surface area contributed by atoms with Gasteiger partial charge in [-0.1, -0.05) is 26.2 Å². The number of aliphatic hydroxyl groups is 1. The predicted octanol–water partition coefficient (Wildman–Crippen LogP) is 1.28. The summed E-state index contributed by atoms with van der Waals surface area (Å²) in [6.07, 6.45) is 4.97. The van der Waals surface area contributed by atoms with E-state index in [1.165, 1.54) is 12.7 Å². The summed E-state index contributed by atoms with van der Waals surface area (Å²) < 4.78 is 18.9. The molecule has 4 atom stereocenters. The van der Waals surface area contributed by atoms with Crippen molar-refractivity contribution in [3.63, 3.8) is 0 Å². The first-order chi connectivity index (χ1) is 12.7. The van der Waals surface area contributed by atoms with Crippen molar-refractivity contribution in [2.75, 3.05) is 26.1 Å². The molecule has 0 saturated carbocycles. The quantitative estimate of drug-likeness (QED) is 0.638. The van der Waals surface area contributed by atoms with Crippen molar-refractivity contribution < 1.29 is 19.3 Å². The molecule has 9 nitrogen and oxygen atoms in total. The standard InChI is InChI=1S/C17H27N5O4/c1-3-4-5-6-7-25-14-13(23)11(8-24-2)26-17(14)22-10-21-12-15(18)19-9-20-16(12)22/h9-11,13-14,17,23H,3-8H2,1-2H3,(H2,18,19,20)/t11-,13-,14-,17-/m1/s1. The lowest BCUT2D eigenvalue weighted by molar-refractivity contribution is -0.0731. The largest absolute Gasteiger partial charge is 0.387 e. The van der Waals surface area contributed by atoms with Gasteiger partial charge in [0.2, 0.25) is 0 Å². The number of imidazole rings is 1. The van der Waals surface area contributed by atoms with Gasteiger partial charge in [-0.15, -0.1) is 0 Å². The van der Waals surface area contributed by atoms with E-state index in [1.54, 1.807) is 18.0 Å². The highest BCUT2D eigenvalue weighted by atomic mass is 16.6. The molecule has 3 N–H and O–H groups in total. The highest BCUT2D eigenvalue weighted by Crippen LogP contribution is 2.34. The molecule has 2 aromatic rings. The number of nitrogen functional groups attached to an aromatic ring is 1. The van der Waals surface area contributed by atoms with Gasteiger partial charge >= 0.3 is 0 Å². The van der Waals surface area contributed by atoms with Crippen LogP contribution in [0.1, 0.15) is 38.8 Å². The van der Waals surface area contributed by atoms with E-state index in [0.29, 0.717) is 23.6 Å². The topological polar surface area (TPSA) is 118 Å². The van der Waals surface area contributed by atoms with Crippen LogP contribution < -0.4 is 5.73 Å². The smallest absolute Gasteiger partial charge is 0.167 e. The molecule has 0 aliphatic carbocycles. The Kier molecular flexibility index (Phi) is 6.36. The minimum atomic E-state index is -0.803. The molecular formula is C17H27N5O4. The highest BCUT2D eigenvalue weighted by molar-refractivity contribution is 5.81. The van der Waals surface area contributed by atoms with Crippen LogP contribution in [0.4, 0.5) is 5.82 Å². The second kappa shape index (κ2) is 8.72. The Morgan fingerprint density at radius 3 is 2.88 bits per heavy atom. The van der Waals surface area contributed by atoms with Crippen molar-refractivity contribution in [2.45, 2.75) is 57.1 Å². The van der Waals surface area contributed by atoms with E-state index in [2.05, 4.69) is 21.9 Å². The molecule has 0 radical (unpaired) electrons. The number of methoxy groups -OCH3 is 1. The van der Waals surface area contributed by atoms with Gasteiger partial charge in [-0.2, -0.15) is 0 Å². The fourth-order valence-corrected chi connectivity index (χ4v) is 3.23. The molecule has 9 heteroatoms. The molecule has 0 spiro atoms. The maximum atomic E-state index is 10.7. The van der Waals surface area contributed by atoms with Crippen LogP contribution in [0.25, 0.3) is 11.2 Å². The maximum Gasteiger partial charge on any atom is 0.167 e. The van der Waals surface area contributed by atoms with Crippen molar-refractivity contribution in [1.29, 1.82) is 0 Å². The lowest BCUT2D eigenvalue weighted by Crippen LogP contribution is -2.36. The number of anilines is 1. The van der Waals surface area contributed by atoms with Gasteiger partial charge in [-0.3, -0.25) is 4.57 Å². The Morgan fingerprint density at radius 1 is 1.27 bits per heavy atom. The second-order valence-electron chi connectivity index (χ2n) is 6.49. The number of unbranched alkanes of at least 4 members (excludes halogenated alkanes) is 3. The molecule has 1 aliphatic heterocycles. The summed E-state index contributed by atoms with van der Waals surface area (Å²) in [7, 11) is 1.57. The molecule has 1 aliphatic rings. The highest BCUT2D eigenvalue weighted by Gasteiger charge is 2.46. The third kappa shape index (κ3) is 3.80. The molecule has 0 aromatic carbocycles. The van der Waals surface area contributed by atoms with Gasteiger partial charge in [0.15, 0.2) is 17.7 Å². The van der Waals surface area contributed by atoms with Crippen LogP contribution in [-0.2, 0) is 14.2 Å². The van der Waals surface area contributed by atoms with Gasteiger partial charge in [-0.25, -0.2) is 15.0 Å². The van der Waals surface area contributed by atoms with Gasteiger partial charge in [0, 0.05) is 13.7 Å². The molecule has 0 bridgehead atoms. The summed E-state index contributed by atoms with van der Waals surface area (Å²) in [6, 6.07) is 0. The van der Waals surface area contributed by atoms with Gasteiger partial charge in [0.1, 0.15) is 30.2 Å². The van der Waals surface area contributed by atoms with Gasteiger partial charge in [-0.05, 0) is 6.42 Å². The molecular weight excluding hydrogens is 338 g/mol. The van der Waals surface area contributed by atoms with Crippen LogP contribution in [0.3, 0.4) is 0 Å². The predicted molar refractivity (Wildman–Crippen MR) is 95.4 cm³/mol. The van der Waals surface area contributed by atoms with Crippen LogP contribution >= 0.6 is 0 Å². The van der Waals surface area contributed by atoms with Gasteiger partial charge in [0.25, 0.3) is 0 Å². The summed E-state index contributed by atoms with van der Waals surface area (Å²) >= 11 is 0. The monoisotopic (exact) mass is 365 g/mol. The Bertz CT molecular complexity index is 710. The fourth-order valence-electron chi connectivity index (χ4n) is 3.23. The number of hydrogen-bond donors (Lipinski definition) is 2. The van der Waals surface area contributed by atoms with Crippen molar-refractivity contribution in [2.24, 2.45) is 0 Å². The van der Waals surface area contributed by atoms with Gasteiger partial charge in [0.05, 0.1) is 12.9 Å². The molecule has 144 valence electrons. The zero-order valence-corrected chi connectivity index (χ0v) is 15.2. The second-order valence-corrected chi connectivity index (χ2v) is 6.49. The zero-order valence-electron chi connectivity index (χ0n) is 15.2. The first kappa shape index (κ1) is 19.0. The molecule has 3 heterocycles. The molecule has 2 aromatic heterocycles. The SMILES string of the molecule is CCCCCCO[C@@H]1[C@H](O)[C@@H](COC)O[C@H]1n1cnc2c(N)ncnc21. The number of aliphatic hydroxyl groups excluding tert-OH is 1. The number of rotatable bonds is 9. The Balaban J connectivity index is 1.80. The maximum absolute atomic E-state index is 10.7. The number of ether oxygens (including phenoxy) is 3. The Morgan fingerprint density at radius 2 is 2.12 bits per heavy atom. The van der Waals surface area contributed by atoms with E-state index < -0.39 is 24.5 Å². The third-order valence-corrected chi connectivity index (χ3v) is 4.61. The fraction of sp³-hybridized carbons (Fsp3) is 0.706. The number of aromatic nitrogens is 4. The molecule has 1 saturated heterocycles. The summed E-state index contributed by atoms with van der Waals surface area (Å²) in [5.41, 5.74) is 6.91. The van der Waals surface area contributed by atoms with Crippen molar-refractivity contribution in [3.05, 3.63) is 12.7 Å². The van der Waals surface area contributed by atoms with Crippen LogP contribution in [0.5, 0.6) is 0 Å². The Hall–Kier alpha value is -1.81. The van der Waals surface area contributed by atoms with E-state index in [1.807, 2.05) is 0 Å². The molecule has 0 amide bonds. The van der Waals surface area contributed by atoms with Crippen LogP contribution in [-0.4, -0.2) is 63.3 Å². The number of hydrogen-bond acceptors (Lipinski definition) is 8. The normalized spacial score (nSPS) is 26.0. The number of nitrogens with two attached hydrogens (primary N) is 1. The minimum Gasteiger partial charge on any atom is -0.387 e. The first-order valence-corrected chi connectivity index (χ1v) is 9.04. The van der Waals surface area contributed by atoms with E-state index in [0.717, 1.165) is 19.3 Å². The summed E-state index contributed by atoms with van der Waals surface area (Å²) in [5.74, 6) is 0.303. The van der Waals surface area contributed by atoms with Crippen LogP contribution in [0, 0.1) is 0 Å². The summed E-state index contributed by atoms with van der Waals surface area (Å²) in [4.78, 5) is 12.5. The Labute approximate surface area is 152 Å². The first-order valence-electron chi connectivity index (χ1n) is 9.04. The molecule has 26 heavy (non-hydrogen) atoms. The van der Waals surface area contributed by atoms with E-state index >= 15 is 0 Å². The van der Waals surface area contributed by atoms with E-state index in [4.69, 9.17) is 19.9 Å². The number of nitrogens with zero attached hydrogens (tertiary/aromatic N) is 4. The van der Waals surface area contributed by atoms with Crippen LogP contribution in [0.15, 0.2) is 12.7 Å². The third-order valence-electron chi connectivity index (χ3n) is 4.61. The zero-order chi connectivity index (χ0) is 18.5. The van der Waals surface area contributed by atoms with Crippen molar-refractivity contribution >= 4 is 17.0 Å². The lowest BCUT2D eigenvalue weighted by Gasteiger charge is -2.22. The van der Waals surface area contributed by atoms with Crippen LogP contribution in [0.2, 0.25) is 0 Å². The van der Waals surface area contributed by atoms with E-state index in [-0.39, 0.29) is 6.61 Å². The molecule has 3 rings (SSSR count). The summed E-state index contributed by atoms with van der Waals surface area (Å²) in [6.45, 7) is 3.00. The summed E-state index contributed by atoms with van der Waals surface area (Å²) in [5, 5.41) is 10.7. The average Bonchev–Trinajstić information content (AvgIpc) is 3.19.